The van der Waals surface area contributed by atoms with Crippen LogP contribution in [0.25, 0.3) is 0 Å². The molecular formula is C6HF10NNaO3. The predicted molar refractivity (Wildman–Crippen MR) is 41.0 cm³/mol. The molecule has 0 spiro atoms. The molecule has 1 fully saturated rings. The molecule has 119 valence electrons. The van der Waals surface area contributed by atoms with Crippen molar-refractivity contribution >= 4 is 35.5 Å². The minimum absolute atomic E-state index is 0. The van der Waals surface area contributed by atoms with Crippen molar-refractivity contribution in [1.29, 1.82) is 0 Å². The topological polar surface area (TPSA) is 49.8 Å². The fraction of sp³-hybridized carbons (Fsp3) is 0.833. The van der Waals surface area contributed by atoms with E-state index in [1.165, 1.54) is 0 Å². The van der Waals surface area contributed by atoms with Gasteiger partial charge in [0.05, 0.1) is 0 Å². The van der Waals surface area contributed by atoms with Crippen molar-refractivity contribution in [2.45, 2.75) is 30.4 Å². The second-order valence-corrected chi connectivity index (χ2v) is 3.40. The van der Waals surface area contributed by atoms with Gasteiger partial charge in [0.1, 0.15) is 0 Å². The summed E-state index contributed by atoms with van der Waals surface area (Å²) in [5, 5.41) is 7.81. The van der Waals surface area contributed by atoms with Crippen molar-refractivity contribution in [3.05, 3.63) is 0 Å². The maximum atomic E-state index is 12.8. The van der Waals surface area contributed by atoms with Crippen molar-refractivity contribution < 1.29 is 58.5 Å². The van der Waals surface area contributed by atoms with E-state index in [9.17, 15) is 48.7 Å². The van der Waals surface area contributed by atoms with Crippen molar-refractivity contribution in [3.63, 3.8) is 0 Å². The number of carbonyl (C=O) groups is 1. The normalized spacial score (nSPS) is 26.8. The summed E-state index contributed by atoms with van der Waals surface area (Å²) < 4.78 is 129. The summed E-state index contributed by atoms with van der Waals surface area (Å²) in [7, 11) is 0. The minimum atomic E-state index is -6.74. The van der Waals surface area contributed by atoms with Crippen LogP contribution in [-0.4, -0.2) is 75.9 Å². The Morgan fingerprint density at radius 3 is 1.43 bits per heavy atom. The van der Waals surface area contributed by atoms with Crippen LogP contribution < -0.4 is 0 Å². The Hall–Kier alpha value is -0.310. The zero-order chi connectivity index (χ0) is 16.4. The zero-order valence-corrected chi connectivity index (χ0v) is 11.5. The summed E-state index contributed by atoms with van der Waals surface area (Å²) in [4.78, 5) is 6.54. The van der Waals surface area contributed by atoms with Gasteiger partial charge in [-0.15, -0.1) is 0 Å². The van der Waals surface area contributed by atoms with E-state index in [-0.39, 0.29) is 29.6 Å². The van der Waals surface area contributed by atoms with Crippen LogP contribution in [0.15, 0.2) is 0 Å². The molecule has 1 heterocycles. The third-order valence-electron chi connectivity index (χ3n) is 2.06. The van der Waals surface area contributed by atoms with Crippen LogP contribution in [0.1, 0.15) is 0 Å². The number of rotatable bonds is 2. The van der Waals surface area contributed by atoms with Crippen molar-refractivity contribution in [3.8, 4) is 0 Å². The van der Waals surface area contributed by atoms with Gasteiger partial charge in [-0.05, 0) is 0 Å². The molecule has 0 unspecified atom stereocenters. The molecular weight excluding hydrogens is 347 g/mol. The molecule has 0 aliphatic carbocycles. The van der Waals surface area contributed by atoms with Gasteiger partial charge in [-0.2, -0.15) is 43.9 Å². The van der Waals surface area contributed by atoms with Gasteiger partial charge in [0, 0.05) is 29.6 Å². The van der Waals surface area contributed by atoms with Crippen molar-refractivity contribution in [1.82, 2.24) is 4.90 Å². The quantitative estimate of drug-likeness (QED) is 0.471. The average Bonchev–Trinajstić information content (AvgIpc) is 2.11. The smallest absolute Gasteiger partial charge is 0.439 e. The molecule has 0 bridgehead atoms. The zero-order valence-electron chi connectivity index (χ0n) is 9.49. The summed E-state index contributed by atoms with van der Waals surface area (Å²) >= 11 is 0. The first-order valence-electron chi connectivity index (χ1n) is 4.15. The van der Waals surface area contributed by atoms with Crippen LogP contribution in [0.2, 0.25) is 0 Å². The van der Waals surface area contributed by atoms with Crippen LogP contribution in [-0.2, 0) is 9.53 Å². The van der Waals surface area contributed by atoms with Crippen LogP contribution in [0.4, 0.5) is 43.9 Å². The van der Waals surface area contributed by atoms with Gasteiger partial charge in [-0.1, -0.05) is 4.90 Å². The van der Waals surface area contributed by atoms with E-state index in [0.717, 1.165) is 0 Å². The fourth-order valence-electron chi connectivity index (χ4n) is 1.17. The molecule has 4 nitrogen and oxygen atoms in total. The van der Waals surface area contributed by atoms with Gasteiger partial charge < -0.3 is 5.11 Å². The molecule has 1 saturated heterocycles. The Bertz CT molecular complexity index is 415. The van der Waals surface area contributed by atoms with E-state index in [1.54, 1.807) is 0 Å². The van der Waals surface area contributed by atoms with E-state index < -0.39 is 41.2 Å². The number of alkyl halides is 10. The Kier molecular flexibility index (Phi) is 5.03. The molecule has 0 saturated carbocycles. The van der Waals surface area contributed by atoms with Gasteiger partial charge in [0.2, 0.25) is 0 Å². The molecule has 0 aromatic carbocycles. The molecule has 1 radical (unpaired) electrons. The molecule has 1 aliphatic rings. The minimum Gasteiger partial charge on any atom is -0.476 e. The molecule has 0 aromatic rings. The first-order chi connectivity index (χ1) is 8.52. The molecule has 1 rings (SSSR count). The molecule has 0 aromatic heterocycles. The molecule has 0 atom stereocenters. The number of nitrogens with zero attached hydrogens (tertiary/aromatic N) is 1. The van der Waals surface area contributed by atoms with Crippen LogP contribution >= 0.6 is 0 Å². The number of ether oxygens (including phenoxy) is 1. The number of carboxylic acids is 1. The molecule has 1 aliphatic heterocycles. The van der Waals surface area contributed by atoms with E-state index in [1.807, 2.05) is 4.74 Å². The maximum Gasteiger partial charge on any atom is 0.439 e. The summed E-state index contributed by atoms with van der Waals surface area (Å²) in [6.07, 6.45) is -13.0. The Balaban J connectivity index is 0.00000400. The van der Waals surface area contributed by atoms with E-state index >= 15 is 0 Å². The molecule has 1 N–H and O–H groups in total. The number of carboxylic acid groups (broad SMARTS) is 1. The number of halogens is 10. The number of hydrogen-bond donors (Lipinski definition) is 1. The van der Waals surface area contributed by atoms with Gasteiger partial charge in [-0.25, -0.2) is 9.53 Å². The maximum absolute atomic E-state index is 12.8. The predicted octanol–water partition coefficient (Wildman–Crippen LogP) is 1.99. The number of morpholine rings is 1. The third-order valence-corrected chi connectivity index (χ3v) is 2.06. The van der Waals surface area contributed by atoms with Gasteiger partial charge in [0.25, 0.3) is 0 Å². The fourth-order valence-corrected chi connectivity index (χ4v) is 1.17. The van der Waals surface area contributed by atoms with E-state index in [4.69, 9.17) is 5.11 Å². The van der Waals surface area contributed by atoms with Crippen molar-refractivity contribution in [2.75, 3.05) is 0 Å². The van der Waals surface area contributed by atoms with Crippen LogP contribution in [0.3, 0.4) is 0 Å². The van der Waals surface area contributed by atoms with Crippen LogP contribution in [0.5, 0.6) is 0 Å². The number of hydrogen-bond acceptors (Lipinski definition) is 3. The molecule has 21 heavy (non-hydrogen) atoms. The first kappa shape index (κ1) is 20.7. The largest absolute Gasteiger partial charge is 0.476 e. The Labute approximate surface area is 129 Å². The average molecular weight is 348 g/mol. The molecule has 0 amide bonds. The summed E-state index contributed by atoms with van der Waals surface area (Å²) in [6.45, 7) is 0. The Morgan fingerprint density at radius 2 is 1.19 bits per heavy atom. The monoisotopic (exact) mass is 348 g/mol. The standard InChI is InChI=1S/C6HF10NO3.Na/c7-2(8,1(18)19)17-3(9,10)5(13,14)20-6(15,16)4(17,11)12;/h(H,18,19);. The van der Waals surface area contributed by atoms with Gasteiger partial charge in [0.15, 0.2) is 0 Å². The summed E-state index contributed by atoms with van der Waals surface area (Å²) in [6, 6.07) is -19.9. The second-order valence-electron chi connectivity index (χ2n) is 3.40. The third kappa shape index (κ3) is 2.71. The summed E-state index contributed by atoms with van der Waals surface area (Å²) in [5.41, 5.74) is 0. The summed E-state index contributed by atoms with van der Waals surface area (Å²) in [5.74, 6) is -3.77. The van der Waals surface area contributed by atoms with E-state index in [0.29, 0.717) is 0 Å². The van der Waals surface area contributed by atoms with Gasteiger partial charge in [-0.3, -0.25) is 0 Å². The number of aliphatic carboxylic acids is 1. The second kappa shape index (κ2) is 5.11. The SMILES string of the molecule is O=C(O)C(F)(F)N1C(F)(F)C(F)(F)OC(F)(F)C1(F)F.[Na]. The van der Waals surface area contributed by atoms with Crippen molar-refractivity contribution in [2.24, 2.45) is 0 Å². The van der Waals surface area contributed by atoms with Crippen LogP contribution in [0, 0.1) is 0 Å². The Morgan fingerprint density at radius 1 is 0.905 bits per heavy atom. The first-order valence-corrected chi connectivity index (χ1v) is 4.15. The molecule has 15 heteroatoms. The van der Waals surface area contributed by atoms with E-state index in [2.05, 4.69) is 0 Å². The van der Waals surface area contributed by atoms with Gasteiger partial charge >= 0.3 is 36.3 Å².